The van der Waals surface area contributed by atoms with Crippen molar-refractivity contribution >= 4 is 11.2 Å². The highest BCUT2D eigenvalue weighted by Crippen LogP contribution is 2.22. The molecule has 0 saturated heterocycles. The molecule has 2 rings (SSSR count). The van der Waals surface area contributed by atoms with E-state index in [2.05, 4.69) is 5.10 Å². The minimum atomic E-state index is -0.625. The van der Waals surface area contributed by atoms with Crippen LogP contribution < -0.4 is 5.73 Å². The predicted octanol–water partition coefficient (Wildman–Crippen LogP) is 0.970. The summed E-state index contributed by atoms with van der Waals surface area (Å²) in [5.74, 6) is 0. The van der Waals surface area contributed by atoms with Crippen molar-refractivity contribution in [3.05, 3.63) is 30.1 Å². The highest BCUT2D eigenvalue weighted by molar-refractivity contribution is 5.72. The van der Waals surface area contributed by atoms with Crippen molar-refractivity contribution in [2.24, 2.45) is 0 Å². The van der Waals surface area contributed by atoms with Crippen molar-refractivity contribution in [1.29, 1.82) is 0 Å². The molecule has 0 radical (unpaired) electrons. The Hall–Kier alpha value is -1.55. The maximum Gasteiger partial charge on any atom is 0.115 e. The monoisotopic (exact) mass is 177 g/mol. The van der Waals surface area contributed by atoms with Crippen molar-refractivity contribution in [1.82, 2.24) is 9.61 Å². The molecule has 2 aromatic rings. The second-order valence-electron chi connectivity index (χ2n) is 3.01. The fraction of sp³-hybridized carbons (Fsp3) is 0.222. The molecule has 0 aliphatic heterocycles. The van der Waals surface area contributed by atoms with Crippen molar-refractivity contribution < 1.29 is 5.11 Å². The van der Waals surface area contributed by atoms with Crippen molar-refractivity contribution in [3.63, 3.8) is 0 Å². The first-order valence-electron chi connectivity index (χ1n) is 4.11. The molecule has 0 bridgehead atoms. The molecular weight excluding hydrogens is 166 g/mol. The van der Waals surface area contributed by atoms with Crippen LogP contribution in [0.5, 0.6) is 0 Å². The van der Waals surface area contributed by atoms with Gasteiger partial charge in [0.25, 0.3) is 0 Å². The first-order valence-corrected chi connectivity index (χ1v) is 4.11. The molecule has 3 N–H and O–H groups in total. The van der Waals surface area contributed by atoms with Crippen LogP contribution in [0.25, 0.3) is 5.52 Å². The van der Waals surface area contributed by atoms with E-state index in [1.54, 1.807) is 17.6 Å². The van der Waals surface area contributed by atoms with Crippen LogP contribution >= 0.6 is 0 Å². The van der Waals surface area contributed by atoms with Gasteiger partial charge in [0.05, 0.1) is 17.3 Å². The molecule has 0 fully saturated rings. The zero-order valence-electron chi connectivity index (χ0n) is 7.31. The summed E-state index contributed by atoms with van der Waals surface area (Å²) in [5, 5.41) is 13.5. The van der Waals surface area contributed by atoms with Crippen LogP contribution in [0.4, 0.5) is 5.69 Å². The van der Waals surface area contributed by atoms with Gasteiger partial charge in [0.2, 0.25) is 0 Å². The highest BCUT2D eigenvalue weighted by atomic mass is 16.3. The summed E-state index contributed by atoms with van der Waals surface area (Å²) in [6, 6.07) is 5.62. The summed E-state index contributed by atoms with van der Waals surface area (Å²) in [6.45, 7) is 1.65. The summed E-state index contributed by atoms with van der Waals surface area (Å²) in [6.07, 6.45) is 1.18. The summed E-state index contributed by atoms with van der Waals surface area (Å²) in [4.78, 5) is 0. The standard InChI is InChI=1S/C9H11N3O/c1-6(13)9-8(10)7-4-2-3-5-12(7)11-9/h2-6,13H,10H2,1H3. The number of pyridine rings is 1. The van der Waals surface area contributed by atoms with E-state index in [1.807, 2.05) is 18.2 Å². The van der Waals surface area contributed by atoms with Gasteiger partial charge in [0.15, 0.2) is 0 Å². The Labute approximate surface area is 75.6 Å². The molecule has 0 aliphatic carbocycles. The Morgan fingerprint density at radius 1 is 1.54 bits per heavy atom. The number of anilines is 1. The number of aromatic nitrogens is 2. The first-order chi connectivity index (χ1) is 6.20. The Kier molecular flexibility index (Phi) is 1.70. The fourth-order valence-corrected chi connectivity index (χ4v) is 1.34. The van der Waals surface area contributed by atoms with E-state index in [-0.39, 0.29) is 0 Å². The van der Waals surface area contributed by atoms with Gasteiger partial charge in [-0.2, -0.15) is 5.10 Å². The van der Waals surface area contributed by atoms with Gasteiger partial charge >= 0.3 is 0 Å². The molecule has 1 atom stereocenters. The molecule has 0 spiro atoms. The normalized spacial score (nSPS) is 13.4. The zero-order chi connectivity index (χ0) is 9.42. The quantitative estimate of drug-likeness (QED) is 0.682. The van der Waals surface area contributed by atoms with Gasteiger partial charge in [-0.3, -0.25) is 0 Å². The summed E-state index contributed by atoms with van der Waals surface area (Å²) < 4.78 is 1.66. The Bertz CT molecular complexity index is 433. The largest absolute Gasteiger partial charge is 0.395 e. The summed E-state index contributed by atoms with van der Waals surface area (Å²) in [5.41, 5.74) is 7.71. The molecule has 13 heavy (non-hydrogen) atoms. The van der Waals surface area contributed by atoms with Crippen molar-refractivity contribution in [2.75, 3.05) is 5.73 Å². The van der Waals surface area contributed by atoms with E-state index in [0.29, 0.717) is 11.4 Å². The Morgan fingerprint density at radius 2 is 2.31 bits per heavy atom. The minimum Gasteiger partial charge on any atom is -0.395 e. The van der Waals surface area contributed by atoms with Crippen LogP contribution in [0, 0.1) is 0 Å². The number of aliphatic hydroxyl groups is 1. The van der Waals surface area contributed by atoms with Crippen molar-refractivity contribution in [2.45, 2.75) is 13.0 Å². The van der Waals surface area contributed by atoms with Gasteiger partial charge in [0, 0.05) is 6.20 Å². The second kappa shape index (κ2) is 2.74. The number of hydrogen-bond donors (Lipinski definition) is 2. The molecule has 2 heterocycles. The van der Waals surface area contributed by atoms with Crippen LogP contribution in [0.3, 0.4) is 0 Å². The Morgan fingerprint density at radius 3 is 2.92 bits per heavy atom. The average Bonchev–Trinajstić information content (AvgIpc) is 2.45. The molecule has 0 saturated carbocycles. The maximum atomic E-state index is 9.35. The maximum absolute atomic E-state index is 9.35. The predicted molar refractivity (Wildman–Crippen MR) is 50.2 cm³/mol. The van der Waals surface area contributed by atoms with E-state index in [0.717, 1.165) is 5.52 Å². The minimum absolute atomic E-state index is 0.534. The van der Waals surface area contributed by atoms with Gasteiger partial charge in [-0.05, 0) is 19.1 Å². The van der Waals surface area contributed by atoms with Crippen molar-refractivity contribution in [3.8, 4) is 0 Å². The number of fused-ring (bicyclic) bond motifs is 1. The second-order valence-corrected chi connectivity index (χ2v) is 3.01. The van der Waals surface area contributed by atoms with E-state index < -0.39 is 6.10 Å². The smallest absolute Gasteiger partial charge is 0.115 e. The van der Waals surface area contributed by atoms with Gasteiger partial charge in [-0.15, -0.1) is 0 Å². The van der Waals surface area contributed by atoms with E-state index in [1.165, 1.54) is 0 Å². The number of hydrogen-bond acceptors (Lipinski definition) is 3. The number of rotatable bonds is 1. The summed E-state index contributed by atoms with van der Waals surface area (Å²) >= 11 is 0. The van der Waals surface area contributed by atoms with Gasteiger partial charge in [-0.25, -0.2) is 4.52 Å². The number of nitrogens with two attached hydrogens (primary N) is 1. The van der Waals surface area contributed by atoms with Crippen LogP contribution in [0.2, 0.25) is 0 Å². The third-order valence-electron chi connectivity index (χ3n) is 2.00. The third-order valence-corrected chi connectivity index (χ3v) is 2.00. The lowest BCUT2D eigenvalue weighted by molar-refractivity contribution is 0.194. The van der Waals surface area contributed by atoms with E-state index in [9.17, 15) is 5.11 Å². The van der Waals surface area contributed by atoms with E-state index in [4.69, 9.17) is 5.73 Å². The summed E-state index contributed by atoms with van der Waals surface area (Å²) in [7, 11) is 0. The molecule has 1 unspecified atom stereocenters. The lowest BCUT2D eigenvalue weighted by Crippen LogP contribution is -1.96. The SMILES string of the molecule is CC(O)c1nn2ccccc2c1N. The molecule has 4 nitrogen and oxygen atoms in total. The highest BCUT2D eigenvalue weighted by Gasteiger charge is 2.12. The third kappa shape index (κ3) is 1.15. The van der Waals surface area contributed by atoms with Crippen LogP contribution in [0.15, 0.2) is 24.4 Å². The molecular formula is C9H11N3O. The topological polar surface area (TPSA) is 63.5 Å². The van der Waals surface area contributed by atoms with Crippen LogP contribution in [-0.2, 0) is 0 Å². The number of nitrogen functional groups attached to an aromatic ring is 1. The van der Waals surface area contributed by atoms with Gasteiger partial charge in [0.1, 0.15) is 5.69 Å². The molecule has 68 valence electrons. The molecule has 4 heteroatoms. The number of aliphatic hydroxyl groups excluding tert-OH is 1. The molecule has 2 aromatic heterocycles. The molecule has 0 amide bonds. The van der Waals surface area contributed by atoms with Crippen LogP contribution in [0.1, 0.15) is 18.7 Å². The van der Waals surface area contributed by atoms with Gasteiger partial charge in [-0.1, -0.05) is 6.07 Å². The Balaban J connectivity index is 2.74. The lowest BCUT2D eigenvalue weighted by atomic mass is 10.2. The first kappa shape index (κ1) is 8.07. The number of nitrogens with zero attached hydrogens (tertiary/aromatic N) is 2. The van der Waals surface area contributed by atoms with Gasteiger partial charge < -0.3 is 10.8 Å². The molecule has 0 aromatic carbocycles. The average molecular weight is 177 g/mol. The fourth-order valence-electron chi connectivity index (χ4n) is 1.34. The lowest BCUT2D eigenvalue weighted by Gasteiger charge is -1.98. The van der Waals surface area contributed by atoms with E-state index >= 15 is 0 Å². The zero-order valence-corrected chi connectivity index (χ0v) is 7.31. The molecule has 0 aliphatic rings. The van der Waals surface area contributed by atoms with Crippen LogP contribution in [-0.4, -0.2) is 14.7 Å².